The van der Waals surface area contributed by atoms with E-state index in [9.17, 15) is 9.18 Å². The van der Waals surface area contributed by atoms with Crippen LogP contribution in [0.2, 0.25) is 28.2 Å². The molecule has 7 rings (SSSR count). The molecule has 1 amide bonds. The Bertz CT molecular complexity index is 1980. The average Bonchev–Trinajstić information content (AvgIpc) is 3.86. The van der Waals surface area contributed by atoms with Crippen LogP contribution in [0.25, 0.3) is 22.0 Å². The third-order valence-electron chi connectivity index (χ3n) is 10.2. The predicted octanol–water partition coefficient (Wildman–Crippen LogP) is 8.78. The highest BCUT2D eigenvalue weighted by Crippen LogP contribution is 2.41. The zero-order chi connectivity index (χ0) is 34.7. The monoisotopic (exact) mass is 739 g/mol. The van der Waals surface area contributed by atoms with Gasteiger partial charge in [0.1, 0.15) is 11.7 Å². The minimum atomic E-state index is -1.80. The molecule has 258 valence electrons. The van der Waals surface area contributed by atoms with E-state index in [1.165, 1.54) is 16.0 Å². The molecule has 2 aliphatic heterocycles. The van der Waals surface area contributed by atoms with Crippen molar-refractivity contribution in [3.63, 3.8) is 0 Å². The van der Waals surface area contributed by atoms with Gasteiger partial charge in [0.15, 0.2) is 19.5 Å². The van der Waals surface area contributed by atoms with Gasteiger partial charge in [-0.3, -0.25) is 14.8 Å². The molecule has 2 atom stereocenters. The zero-order valence-electron chi connectivity index (χ0n) is 28.2. The van der Waals surface area contributed by atoms with Crippen LogP contribution in [0.4, 0.5) is 15.2 Å². The summed E-state index contributed by atoms with van der Waals surface area (Å²) in [6.45, 7) is 13.6. The first-order valence-corrected chi connectivity index (χ1v) is 21.1. The Morgan fingerprint density at radius 1 is 1.14 bits per heavy atom. The molecule has 14 heteroatoms. The number of thiazole rings is 1. The number of rotatable bonds is 8. The number of aromatic nitrogens is 5. The van der Waals surface area contributed by atoms with Crippen molar-refractivity contribution in [3.05, 3.63) is 75.9 Å². The molecule has 2 aromatic carbocycles. The number of halogens is 3. The first-order chi connectivity index (χ1) is 23.3. The van der Waals surface area contributed by atoms with Gasteiger partial charge in [0, 0.05) is 65.7 Å². The van der Waals surface area contributed by atoms with E-state index < -0.39 is 26.4 Å². The third kappa shape index (κ3) is 6.65. The van der Waals surface area contributed by atoms with Gasteiger partial charge in [-0.15, -0.1) is 11.3 Å². The van der Waals surface area contributed by atoms with E-state index in [0.717, 1.165) is 42.7 Å². The summed E-state index contributed by atoms with van der Waals surface area (Å²) in [6, 6.07) is 9.19. The summed E-state index contributed by atoms with van der Waals surface area (Å²) in [5.74, 6) is -0.398. The van der Waals surface area contributed by atoms with E-state index in [0.29, 0.717) is 43.6 Å². The van der Waals surface area contributed by atoms with Crippen LogP contribution in [0, 0.1) is 0 Å². The molecular weight excluding hydrogens is 700 g/mol. The Morgan fingerprint density at radius 3 is 2.55 bits per heavy atom. The molecule has 9 nitrogen and oxygen atoms in total. The molecule has 5 heterocycles. The molecule has 5 aromatic rings. The minimum Gasteiger partial charge on any atom is -0.414 e. The Balaban J connectivity index is 1.14. The second kappa shape index (κ2) is 13.1. The Hall–Kier alpha value is -3.29. The van der Waals surface area contributed by atoms with E-state index in [-0.39, 0.29) is 18.0 Å². The Labute approximate surface area is 300 Å². The average molecular weight is 741 g/mol. The molecule has 49 heavy (non-hydrogen) atoms. The lowest BCUT2D eigenvalue weighted by molar-refractivity contribution is -0.118. The highest BCUT2D eigenvalue weighted by atomic mass is 35.5. The molecule has 0 aliphatic carbocycles. The van der Waals surface area contributed by atoms with Gasteiger partial charge in [-0.2, -0.15) is 5.10 Å². The van der Waals surface area contributed by atoms with E-state index in [2.05, 4.69) is 78.3 Å². The lowest BCUT2D eigenvalue weighted by Crippen LogP contribution is -2.47. The highest BCUT2D eigenvalue weighted by molar-refractivity contribution is 7.13. The summed E-state index contributed by atoms with van der Waals surface area (Å²) >= 11 is 15.2. The number of fused-ring (bicyclic) bond motifs is 2. The second-order valence-electron chi connectivity index (χ2n) is 14.5. The zero-order valence-corrected chi connectivity index (χ0v) is 31.5. The van der Waals surface area contributed by atoms with Crippen molar-refractivity contribution in [3.8, 4) is 11.1 Å². The molecule has 1 N–H and O–H groups in total. The van der Waals surface area contributed by atoms with Crippen molar-refractivity contribution in [2.75, 3.05) is 23.3 Å². The topological polar surface area (TPSA) is 90.1 Å². The number of piperidine rings is 1. The number of imidazole rings is 1. The van der Waals surface area contributed by atoms with E-state index in [4.69, 9.17) is 32.7 Å². The maximum atomic E-state index is 14.4. The lowest BCUT2D eigenvalue weighted by atomic mass is 10.0. The molecule has 0 unspecified atom stereocenters. The van der Waals surface area contributed by atoms with Crippen LogP contribution >= 0.6 is 34.5 Å². The van der Waals surface area contributed by atoms with Crippen molar-refractivity contribution >= 4 is 70.5 Å². The fourth-order valence-electron chi connectivity index (χ4n) is 6.49. The van der Waals surface area contributed by atoms with Crippen LogP contribution in [0.15, 0.2) is 54.4 Å². The number of benzene rings is 2. The second-order valence-corrected chi connectivity index (χ2v) is 20.9. The van der Waals surface area contributed by atoms with Crippen molar-refractivity contribution in [2.45, 2.75) is 83.0 Å². The Morgan fingerprint density at radius 2 is 1.88 bits per heavy atom. The number of hydrogen-bond donors (Lipinski definition) is 1. The number of nitrogens with one attached hydrogen (secondary N) is 1. The van der Waals surface area contributed by atoms with Crippen molar-refractivity contribution in [1.82, 2.24) is 24.3 Å². The molecule has 1 saturated heterocycles. The van der Waals surface area contributed by atoms with Gasteiger partial charge in [0.2, 0.25) is 0 Å². The molecule has 1 fully saturated rings. The third-order valence-corrected chi connectivity index (χ3v) is 16.1. The van der Waals surface area contributed by atoms with Gasteiger partial charge in [-0.05, 0) is 54.7 Å². The summed E-state index contributed by atoms with van der Waals surface area (Å²) < 4.78 is 24.4. The summed E-state index contributed by atoms with van der Waals surface area (Å²) in [5, 5.41) is 11.6. The first-order valence-electron chi connectivity index (χ1n) is 16.6. The number of hydrogen-bond acceptors (Lipinski definition) is 7. The van der Waals surface area contributed by atoms with Gasteiger partial charge in [0.25, 0.3) is 5.91 Å². The number of alkyl halides is 1. The van der Waals surface area contributed by atoms with Crippen LogP contribution in [-0.2, 0) is 22.2 Å². The smallest absolute Gasteiger partial charge is 0.257 e. The number of anilines is 2. The Kier molecular flexibility index (Phi) is 9.14. The molecule has 0 radical (unpaired) electrons. The van der Waals surface area contributed by atoms with Gasteiger partial charge in [-0.25, -0.2) is 14.4 Å². The van der Waals surface area contributed by atoms with Crippen molar-refractivity contribution in [2.24, 2.45) is 0 Å². The van der Waals surface area contributed by atoms with Gasteiger partial charge >= 0.3 is 0 Å². The molecule has 0 spiro atoms. The van der Waals surface area contributed by atoms with Crippen LogP contribution in [0.3, 0.4) is 0 Å². The van der Waals surface area contributed by atoms with Crippen LogP contribution in [-0.4, -0.2) is 63.9 Å². The largest absolute Gasteiger partial charge is 0.414 e. The molecular formula is C35H40Cl2FN7O2SSi. The maximum Gasteiger partial charge on any atom is 0.257 e. The SMILES string of the molecule is CC(C)(C)[Si](C)(C)OC1CCN(c2ccc(-c3cc(Cl)c4cn([C@@H](C(=O)Nc5nccs5)c5ncn6c5C[C@@H](F)C6)nc4c3Cl)cc2)CC1. The summed E-state index contributed by atoms with van der Waals surface area (Å²) in [7, 11) is -1.80. The lowest BCUT2D eigenvalue weighted by Gasteiger charge is -2.42. The molecule has 0 saturated carbocycles. The number of nitrogens with zero attached hydrogens (tertiary/aromatic N) is 6. The van der Waals surface area contributed by atoms with E-state index in [1.54, 1.807) is 28.7 Å². The van der Waals surface area contributed by atoms with Gasteiger partial charge in [0.05, 0.1) is 28.6 Å². The molecule has 0 bridgehead atoms. The van der Waals surface area contributed by atoms with Crippen LogP contribution in [0.5, 0.6) is 0 Å². The standard InChI is InChI=1S/C35H40Cl2FN7O2SSi/c1-35(2,3)49(4,5)47-24-10-13-43(14-11-24)23-8-6-21(7-9-23)25-17-27(36)26-19-45(42-30(26)29(25)37)32(33(46)41-34-39-12-15-48-34)31-28-16-22(38)18-44(28)20-40-31/h6-9,12,15,17,19-20,22,24,32H,10-11,13-14,16,18H2,1-5H3,(H,39,41,46)/t22-,32-/m1/s1. The number of carbonyl (C=O) groups is 1. The summed E-state index contributed by atoms with van der Waals surface area (Å²) in [6.07, 6.45) is 6.34. The van der Waals surface area contributed by atoms with Crippen molar-refractivity contribution < 1.29 is 13.6 Å². The van der Waals surface area contributed by atoms with E-state index in [1.807, 2.05) is 6.07 Å². The number of amides is 1. The fourth-order valence-corrected chi connectivity index (χ4v) is 9.00. The van der Waals surface area contributed by atoms with Crippen LogP contribution < -0.4 is 10.2 Å². The molecule has 3 aromatic heterocycles. The molecule has 2 aliphatic rings. The highest BCUT2D eigenvalue weighted by Gasteiger charge is 2.40. The minimum absolute atomic E-state index is 0.168. The predicted molar refractivity (Wildman–Crippen MR) is 198 cm³/mol. The quantitative estimate of drug-likeness (QED) is 0.160. The van der Waals surface area contributed by atoms with Gasteiger partial charge < -0.3 is 13.9 Å². The summed E-state index contributed by atoms with van der Waals surface area (Å²) in [5.41, 5.74) is 4.35. The summed E-state index contributed by atoms with van der Waals surface area (Å²) in [4.78, 5) is 24.9. The fraction of sp³-hybridized carbons (Fsp3) is 0.429. The van der Waals surface area contributed by atoms with Crippen molar-refractivity contribution in [1.29, 1.82) is 0 Å². The number of carbonyl (C=O) groups excluding carboxylic acids is 1. The van der Waals surface area contributed by atoms with Crippen LogP contribution in [0.1, 0.15) is 51.0 Å². The first kappa shape index (κ1) is 34.2. The van der Waals surface area contributed by atoms with E-state index >= 15 is 0 Å². The normalized spacial score (nSPS) is 17.9. The van der Waals surface area contributed by atoms with Gasteiger partial charge in [-0.1, -0.05) is 56.1 Å². The maximum absolute atomic E-state index is 14.4.